The molecule has 3 aromatic rings. The first-order valence-electron chi connectivity index (χ1n) is 6.65. The number of rotatable bonds is 4. The smallest absolute Gasteiger partial charge is 0.358 e. The molecule has 110 valence electrons. The summed E-state index contributed by atoms with van der Waals surface area (Å²) in [5.41, 5.74) is 2.21. The summed E-state index contributed by atoms with van der Waals surface area (Å²) in [6.07, 6.45) is 0. The standard InChI is InChI=1S/C17H12ClNO2S/c18-14-8-6-12(7-9-14)10-21-17(20)15-11-22-16(19-15)13-4-2-1-3-5-13/h1-9,11H,10H2. The molecule has 0 aliphatic rings. The minimum absolute atomic E-state index is 0.203. The lowest BCUT2D eigenvalue weighted by molar-refractivity contribution is 0.0467. The van der Waals surface area contributed by atoms with Gasteiger partial charge in [0, 0.05) is 16.0 Å². The van der Waals surface area contributed by atoms with E-state index in [1.165, 1.54) is 11.3 Å². The molecule has 0 unspecified atom stereocenters. The number of ether oxygens (including phenoxy) is 1. The molecule has 2 aromatic carbocycles. The number of carbonyl (C=O) groups is 1. The first kappa shape index (κ1) is 14.8. The van der Waals surface area contributed by atoms with Crippen molar-refractivity contribution in [3.05, 3.63) is 76.3 Å². The highest BCUT2D eigenvalue weighted by Gasteiger charge is 2.13. The van der Waals surface area contributed by atoms with Gasteiger partial charge in [-0.2, -0.15) is 0 Å². The Morgan fingerprint density at radius 2 is 1.82 bits per heavy atom. The van der Waals surface area contributed by atoms with Gasteiger partial charge in [0.15, 0.2) is 5.69 Å². The van der Waals surface area contributed by atoms with Crippen LogP contribution in [-0.4, -0.2) is 11.0 Å². The van der Waals surface area contributed by atoms with E-state index in [-0.39, 0.29) is 6.61 Å². The molecule has 3 rings (SSSR count). The molecule has 3 nitrogen and oxygen atoms in total. The van der Waals surface area contributed by atoms with Crippen molar-refractivity contribution in [2.75, 3.05) is 0 Å². The molecule has 1 heterocycles. The summed E-state index contributed by atoms with van der Waals surface area (Å²) in [5.74, 6) is -0.423. The molecule has 22 heavy (non-hydrogen) atoms. The number of thiazole rings is 1. The van der Waals surface area contributed by atoms with Gasteiger partial charge in [0.1, 0.15) is 11.6 Å². The topological polar surface area (TPSA) is 39.2 Å². The highest BCUT2D eigenvalue weighted by atomic mass is 35.5. The van der Waals surface area contributed by atoms with Gasteiger partial charge in [0.2, 0.25) is 0 Å². The quantitative estimate of drug-likeness (QED) is 0.644. The van der Waals surface area contributed by atoms with Gasteiger partial charge in [-0.25, -0.2) is 9.78 Å². The van der Waals surface area contributed by atoms with Crippen LogP contribution in [0.2, 0.25) is 5.02 Å². The van der Waals surface area contributed by atoms with Gasteiger partial charge >= 0.3 is 5.97 Å². The van der Waals surface area contributed by atoms with Crippen molar-refractivity contribution in [1.82, 2.24) is 4.98 Å². The number of benzene rings is 2. The van der Waals surface area contributed by atoms with Crippen molar-refractivity contribution in [3.8, 4) is 10.6 Å². The van der Waals surface area contributed by atoms with E-state index < -0.39 is 5.97 Å². The van der Waals surface area contributed by atoms with E-state index in [1.54, 1.807) is 17.5 Å². The van der Waals surface area contributed by atoms with E-state index in [0.29, 0.717) is 10.7 Å². The van der Waals surface area contributed by atoms with Gasteiger partial charge < -0.3 is 4.74 Å². The van der Waals surface area contributed by atoms with Crippen molar-refractivity contribution < 1.29 is 9.53 Å². The molecule has 0 radical (unpaired) electrons. The number of hydrogen-bond acceptors (Lipinski definition) is 4. The Hall–Kier alpha value is -2.17. The molecule has 0 N–H and O–H groups in total. The summed E-state index contributed by atoms with van der Waals surface area (Å²) in [7, 11) is 0. The van der Waals surface area contributed by atoms with Crippen molar-refractivity contribution in [2.45, 2.75) is 6.61 Å². The zero-order chi connectivity index (χ0) is 15.4. The minimum atomic E-state index is -0.423. The predicted octanol–water partition coefficient (Wildman–Crippen LogP) is 4.82. The number of halogens is 1. The third-order valence-electron chi connectivity index (χ3n) is 3.02. The molecular formula is C17H12ClNO2S. The largest absolute Gasteiger partial charge is 0.456 e. The van der Waals surface area contributed by atoms with Crippen LogP contribution < -0.4 is 0 Å². The molecular weight excluding hydrogens is 318 g/mol. The lowest BCUT2D eigenvalue weighted by Crippen LogP contribution is -2.05. The van der Waals surface area contributed by atoms with Gasteiger partial charge in [-0.15, -0.1) is 11.3 Å². The lowest BCUT2D eigenvalue weighted by Gasteiger charge is -2.03. The Kier molecular flexibility index (Phi) is 4.51. The van der Waals surface area contributed by atoms with Crippen molar-refractivity contribution in [3.63, 3.8) is 0 Å². The van der Waals surface area contributed by atoms with E-state index >= 15 is 0 Å². The van der Waals surface area contributed by atoms with Crippen LogP contribution in [0, 0.1) is 0 Å². The molecule has 0 saturated carbocycles. The zero-order valence-electron chi connectivity index (χ0n) is 11.5. The van der Waals surface area contributed by atoms with Crippen LogP contribution in [0.5, 0.6) is 0 Å². The van der Waals surface area contributed by atoms with Crippen LogP contribution in [0.25, 0.3) is 10.6 Å². The van der Waals surface area contributed by atoms with Crippen LogP contribution in [0.1, 0.15) is 16.1 Å². The van der Waals surface area contributed by atoms with E-state index in [4.69, 9.17) is 16.3 Å². The molecule has 0 amide bonds. The summed E-state index contributed by atoms with van der Waals surface area (Å²) in [6, 6.07) is 16.9. The Bertz CT molecular complexity index is 769. The number of esters is 1. The third-order valence-corrected chi connectivity index (χ3v) is 4.16. The number of nitrogens with zero attached hydrogens (tertiary/aromatic N) is 1. The second kappa shape index (κ2) is 6.73. The molecule has 0 aliphatic carbocycles. The van der Waals surface area contributed by atoms with E-state index in [2.05, 4.69) is 4.98 Å². The summed E-state index contributed by atoms with van der Waals surface area (Å²) < 4.78 is 5.27. The van der Waals surface area contributed by atoms with Crippen LogP contribution in [0.15, 0.2) is 60.0 Å². The first-order valence-corrected chi connectivity index (χ1v) is 7.90. The normalized spacial score (nSPS) is 10.4. The number of aromatic nitrogens is 1. The third kappa shape index (κ3) is 3.53. The molecule has 0 fully saturated rings. The fourth-order valence-corrected chi connectivity index (χ4v) is 2.81. The van der Waals surface area contributed by atoms with Crippen molar-refractivity contribution >= 4 is 28.9 Å². The summed E-state index contributed by atoms with van der Waals surface area (Å²) in [4.78, 5) is 16.4. The average Bonchev–Trinajstić information content (AvgIpc) is 3.05. The molecule has 0 bridgehead atoms. The second-order valence-electron chi connectivity index (χ2n) is 4.61. The van der Waals surface area contributed by atoms with Crippen LogP contribution >= 0.6 is 22.9 Å². The first-order chi connectivity index (χ1) is 10.7. The minimum Gasteiger partial charge on any atom is -0.456 e. The van der Waals surface area contributed by atoms with E-state index in [1.807, 2.05) is 42.5 Å². The Balaban J connectivity index is 1.66. The van der Waals surface area contributed by atoms with Crippen LogP contribution in [0.3, 0.4) is 0 Å². The van der Waals surface area contributed by atoms with E-state index in [9.17, 15) is 4.79 Å². The van der Waals surface area contributed by atoms with Gasteiger partial charge in [0.25, 0.3) is 0 Å². The van der Waals surface area contributed by atoms with Gasteiger partial charge in [0.05, 0.1) is 0 Å². The summed E-state index contributed by atoms with van der Waals surface area (Å²) in [5, 5.41) is 3.17. The maximum atomic E-state index is 12.0. The SMILES string of the molecule is O=C(OCc1ccc(Cl)cc1)c1csc(-c2ccccc2)n1. The lowest BCUT2D eigenvalue weighted by atomic mass is 10.2. The van der Waals surface area contributed by atoms with Crippen molar-refractivity contribution in [1.29, 1.82) is 0 Å². The Morgan fingerprint density at radius 1 is 1.09 bits per heavy atom. The van der Waals surface area contributed by atoms with Crippen molar-refractivity contribution in [2.24, 2.45) is 0 Å². The highest BCUT2D eigenvalue weighted by Crippen LogP contribution is 2.23. The van der Waals surface area contributed by atoms with Crippen LogP contribution in [0.4, 0.5) is 0 Å². The van der Waals surface area contributed by atoms with Gasteiger partial charge in [-0.3, -0.25) is 0 Å². The fraction of sp³-hybridized carbons (Fsp3) is 0.0588. The maximum absolute atomic E-state index is 12.0. The Labute approximate surface area is 137 Å². The maximum Gasteiger partial charge on any atom is 0.358 e. The fourth-order valence-electron chi connectivity index (χ4n) is 1.88. The molecule has 0 aliphatic heterocycles. The molecule has 0 saturated heterocycles. The monoisotopic (exact) mass is 329 g/mol. The molecule has 1 aromatic heterocycles. The molecule has 5 heteroatoms. The van der Waals surface area contributed by atoms with Gasteiger partial charge in [-0.05, 0) is 17.7 Å². The molecule has 0 atom stereocenters. The molecule has 0 spiro atoms. The average molecular weight is 330 g/mol. The summed E-state index contributed by atoms with van der Waals surface area (Å²) >= 11 is 7.24. The number of carbonyl (C=O) groups excluding carboxylic acids is 1. The predicted molar refractivity (Wildman–Crippen MR) is 88.1 cm³/mol. The second-order valence-corrected chi connectivity index (χ2v) is 5.90. The van der Waals surface area contributed by atoms with Gasteiger partial charge in [-0.1, -0.05) is 54.1 Å². The van der Waals surface area contributed by atoms with Crippen LogP contribution in [-0.2, 0) is 11.3 Å². The Morgan fingerprint density at radius 3 is 2.55 bits per heavy atom. The summed E-state index contributed by atoms with van der Waals surface area (Å²) in [6.45, 7) is 0.203. The highest BCUT2D eigenvalue weighted by molar-refractivity contribution is 7.13. The number of hydrogen-bond donors (Lipinski definition) is 0. The van der Waals surface area contributed by atoms with E-state index in [0.717, 1.165) is 16.1 Å². The zero-order valence-corrected chi connectivity index (χ0v) is 13.1.